The minimum Gasteiger partial charge on any atom is -0.496 e. The smallest absolute Gasteiger partial charge is 0.271 e. The number of amides is 1. The van der Waals surface area contributed by atoms with E-state index >= 15 is 0 Å². The third-order valence-electron chi connectivity index (χ3n) is 4.68. The normalized spacial score (nSPS) is 11.6. The number of hydrazone groups is 1. The number of methoxy groups -OCH3 is 1. The molecule has 0 aliphatic heterocycles. The van der Waals surface area contributed by atoms with Crippen LogP contribution >= 0.6 is 22.6 Å². The van der Waals surface area contributed by atoms with Crippen molar-refractivity contribution in [3.8, 4) is 11.4 Å². The summed E-state index contributed by atoms with van der Waals surface area (Å²) >= 11 is 2.13. The lowest BCUT2D eigenvalue weighted by Crippen LogP contribution is -2.17. The third-order valence-corrected chi connectivity index (χ3v) is 6.50. The number of sulfonamides is 1. The molecule has 0 fully saturated rings. The Morgan fingerprint density at radius 1 is 1.16 bits per heavy atom. The van der Waals surface area contributed by atoms with Gasteiger partial charge in [0.25, 0.3) is 5.91 Å². The van der Waals surface area contributed by atoms with Crippen molar-refractivity contribution in [3.05, 3.63) is 74.6 Å². The van der Waals surface area contributed by atoms with Gasteiger partial charge in [0.1, 0.15) is 5.75 Å². The fourth-order valence-corrected chi connectivity index (χ4v) is 4.20. The van der Waals surface area contributed by atoms with E-state index in [0.717, 1.165) is 26.2 Å². The Labute approximate surface area is 194 Å². The number of primary sulfonamides is 1. The van der Waals surface area contributed by atoms with Gasteiger partial charge < -0.3 is 9.30 Å². The molecule has 0 saturated heterocycles. The van der Waals surface area contributed by atoms with E-state index < -0.39 is 10.0 Å². The molecule has 10 heteroatoms. The van der Waals surface area contributed by atoms with Gasteiger partial charge in [-0.15, -0.1) is 0 Å². The highest BCUT2D eigenvalue weighted by molar-refractivity contribution is 14.1. The van der Waals surface area contributed by atoms with E-state index in [1.165, 1.54) is 12.1 Å². The maximum absolute atomic E-state index is 12.4. The number of hydrogen-bond acceptors (Lipinski definition) is 5. The molecule has 1 heterocycles. The number of carbonyl (C=O) groups is 1. The van der Waals surface area contributed by atoms with Crippen LogP contribution < -0.4 is 15.3 Å². The first kappa shape index (κ1) is 23.0. The molecule has 0 radical (unpaired) electrons. The number of halogens is 1. The lowest BCUT2D eigenvalue weighted by Gasteiger charge is -2.10. The van der Waals surface area contributed by atoms with Crippen LogP contribution in [0.5, 0.6) is 5.75 Å². The Bertz CT molecular complexity index is 1270. The predicted octanol–water partition coefficient (Wildman–Crippen LogP) is 3.12. The molecule has 0 aliphatic rings. The number of nitrogens with two attached hydrogens (primary N) is 1. The molecule has 0 unspecified atom stereocenters. The summed E-state index contributed by atoms with van der Waals surface area (Å²) in [6.07, 6.45) is 1.57. The summed E-state index contributed by atoms with van der Waals surface area (Å²) in [5.74, 6) is 0.271. The molecule has 3 rings (SSSR count). The maximum Gasteiger partial charge on any atom is 0.271 e. The number of aryl methyl sites for hydroxylation is 1. The molecule has 8 nitrogen and oxygen atoms in total. The summed E-state index contributed by atoms with van der Waals surface area (Å²) in [6, 6.07) is 13.4. The van der Waals surface area contributed by atoms with Crippen LogP contribution in [-0.2, 0) is 10.0 Å². The van der Waals surface area contributed by atoms with Crippen LogP contribution in [0.25, 0.3) is 5.69 Å². The first-order valence-electron chi connectivity index (χ1n) is 9.11. The predicted molar refractivity (Wildman–Crippen MR) is 127 cm³/mol. The Kier molecular flexibility index (Phi) is 6.82. The summed E-state index contributed by atoms with van der Waals surface area (Å²) < 4.78 is 31.0. The number of nitrogens with one attached hydrogen (secondary N) is 1. The van der Waals surface area contributed by atoms with E-state index in [9.17, 15) is 13.2 Å². The van der Waals surface area contributed by atoms with Crippen LogP contribution in [0, 0.1) is 17.4 Å². The van der Waals surface area contributed by atoms with Crippen molar-refractivity contribution in [2.45, 2.75) is 18.7 Å². The van der Waals surface area contributed by atoms with Gasteiger partial charge in [0.05, 0.1) is 21.8 Å². The Hall–Kier alpha value is -2.70. The molecule has 2 aromatic carbocycles. The summed E-state index contributed by atoms with van der Waals surface area (Å²) in [7, 11) is -2.19. The zero-order valence-electron chi connectivity index (χ0n) is 17.1. The molecule has 3 N–H and O–H groups in total. The number of hydrogen-bond donors (Lipinski definition) is 2. The number of carbonyl (C=O) groups excluding carboxylic acids is 1. The zero-order chi connectivity index (χ0) is 22.8. The largest absolute Gasteiger partial charge is 0.496 e. The van der Waals surface area contributed by atoms with Crippen molar-refractivity contribution in [3.63, 3.8) is 0 Å². The molecular formula is C21H21IN4O4S. The Morgan fingerprint density at radius 2 is 1.84 bits per heavy atom. The second-order valence-corrected chi connectivity index (χ2v) is 9.47. The van der Waals surface area contributed by atoms with Crippen molar-refractivity contribution in [2.75, 3.05) is 7.11 Å². The van der Waals surface area contributed by atoms with Gasteiger partial charge in [-0.1, -0.05) is 0 Å². The lowest BCUT2D eigenvalue weighted by molar-refractivity contribution is 0.0954. The summed E-state index contributed by atoms with van der Waals surface area (Å²) in [5.41, 5.74) is 6.37. The SMILES string of the molecule is COc1cc(C(=O)NN=Cc2cc(C)n(-c3ccc(S(N)(=O)=O)cc3)c2C)ccc1I. The molecule has 3 aromatic rings. The van der Waals surface area contributed by atoms with Crippen molar-refractivity contribution in [1.29, 1.82) is 0 Å². The minimum atomic E-state index is -3.75. The summed E-state index contributed by atoms with van der Waals surface area (Å²) in [5, 5.41) is 9.24. The van der Waals surface area contributed by atoms with Crippen LogP contribution in [-0.4, -0.2) is 32.2 Å². The van der Waals surface area contributed by atoms with Crippen LogP contribution in [0.3, 0.4) is 0 Å². The van der Waals surface area contributed by atoms with Crippen LogP contribution in [0.4, 0.5) is 0 Å². The molecular weight excluding hydrogens is 531 g/mol. The van der Waals surface area contributed by atoms with E-state index in [0.29, 0.717) is 11.3 Å². The second kappa shape index (κ2) is 9.20. The standard InChI is InChI=1S/C21H21IN4O4S/c1-13-10-16(12-24-25-21(27)15-4-9-19(22)20(11-15)30-3)14(2)26(13)17-5-7-18(8-6-17)31(23,28)29/h4-12H,1-3H3,(H,25,27)(H2,23,28,29). The van der Waals surface area contributed by atoms with Crippen LogP contribution in [0.15, 0.2) is 58.5 Å². The molecule has 1 amide bonds. The van der Waals surface area contributed by atoms with Gasteiger partial charge in [0.2, 0.25) is 10.0 Å². The average Bonchev–Trinajstić information content (AvgIpc) is 3.01. The first-order chi connectivity index (χ1) is 14.6. The minimum absolute atomic E-state index is 0.0513. The van der Waals surface area contributed by atoms with Gasteiger partial charge in [0.15, 0.2) is 0 Å². The zero-order valence-corrected chi connectivity index (χ0v) is 20.1. The highest BCUT2D eigenvalue weighted by Gasteiger charge is 2.12. The maximum atomic E-state index is 12.4. The fraction of sp³-hybridized carbons (Fsp3) is 0.143. The quantitative estimate of drug-likeness (QED) is 0.278. The van der Waals surface area contributed by atoms with Crippen LogP contribution in [0.1, 0.15) is 27.3 Å². The van der Waals surface area contributed by atoms with Gasteiger partial charge in [0, 0.05) is 28.2 Å². The molecule has 0 bridgehead atoms. The molecule has 0 atom stereocenters. The van der Waals surface area contributed by atoms with Gasteiger partial charge in [-0.2, -0.15) is 5.10 Å². The van der Waals surface area contributed by atoms with Gasteiger partial charge in [-0.3, -0.25) is 4.79 Å². The lowest BCUT2D eigenvalue weighted by atomic mass is 10.2. The monoisotopic (exact) mass is 552 g/mol. The van der Waals surface area contributed by atoms with Crippen LogP contribution in [0.2, 0.25) is 0 Å². The van der Waals surface area contributed by atoms with E-state index in [1.54, 1.807) is 43.7 Å². The van der Waals surface area contributed by atoms with Crippen molar-refractivity contribution in [1.82, 2.24) is 9.99 Å². The van der Waals surface area contributed by atoms with E-state index in [4.69, 9.17) is 9.88 Å². The van der Waals surface area contributed by atoms with Crippen molar-refractivity contribution >= 4 is 44.7 Å². The van der Waals surface area contributed by atoms with Gasteiger partial charge in [-0.05, 0) is 85.0 Å². The van der Waals surface area contributed by atoms with Crippen molar-refractivity contribution in [2.24, 2.45) is 10.2 Å². The topological polar surface area (TPSA) is 116 Å². The summed E-state index contributed by atoms with van der Waals surface area (Å²) in [4.78, 5) is 12.4. The fourth-order valence-electron chi connectivity index (χ4n) is 3.13. The molecule has 162 valence electrons. The van der Waals surface area contributed by atoms with Gasteiger partial charge >= 0.3 is 0 Å². The third kappa shape index (κ3) is 5.14. The highest BCUT2D eigenvalue weighted by Crippen LogP contribution is 2.22. The summed E-state index contributed by atoms with van der Waals surface area (Å²) in [6.45, 7) is 3.84. The molecule has 0 aliphatic carbocycles. The Morgan fingerprint density at radius 3 is 2.45 bits per heavy atom. The van der Waals surface area contributed by atoms with Crippen molar-refractivity contribution < 1.29 is 17.9 Å². The number of nitrogens with zero attached hydrogens (tertiary/aromatic N) is 2. The first-order valence-corrected chi connectivity index (χ1v) is 11.7. The highest BCUT2D eigenvalue weighted by atomic mass is 127. The average molecular weight is 552 g/mol. The van der Waals surface area contributed by atoms with E-state index in [2.05, 4.69) is 33.1 Å². The number of benzene rings is 2. The number of ether oxygens (including phenoxy) is 1. The molecule has 1 aromatic heterocycles. The number of aromatic nitrogens is 1. The number of rotatable bonds is 6. The van der Waals surface area contributed by atoms with E-state index in [1.807, 2.05) is 24.5 Å². The molecule has 0 spiro atoms. The van der Waals surface area contributed by atoms with E-state index in [-0.39, 0.29) is 10.8 Å². The van der Waals surface area contributed by atoms with Gasteiger partial charge in [-0.25, -0.2) is 19.0 Å². The molecule has 31 heavy (non-hydrogen) atoms. The molecule has 0 saturated carbocycles. The second-order valence-electron chi connectivity index (χ2n) is 6.75. The Balaban J connectivity index is 1.79.